The molecule has 0 aromatic heterocycles. The van der Waals surface area contributed by atoms with Crippen LogP contribution in [0, 0.1) is 0 Å². The van der Waals surface area contributed by atoms with Gasteiger partial charge in [-0.15, -0.1) is 0 Å². The van der Waals surface area contributed by atoms with Gasteiger partial charge in [-0.25, -0.2) is 21.6 Å². The average molecular weight is 248 g/mol. The third kappa shape index (κ3) is 4.26. The minimum atomic E-state index is -3.61. The fourth-order valence-electron chi connectivity index (χ4n) is 0.802. The minimum absolute atomic E-state index is 0.148. The SMILES string of the molecule is O=S(=O)(Cl)CCNS(=O)(=O)C1CC1. The van der Waals surface area contributed by atoms with Crippen LogP contribution in [0.3, 0.4) is 0 Å². The standard InChI is InChI=1S/C5H10ClNO4S2/c6-12(8,9)4-3-7-13(10,11)5-1-2-5/h5,7H,1-4H2. The smallest absolute Gasteiger partial charge is 0.214 e. The molecule has 0 atom stereocenters. The number of hydrogen-bond acceptors (Lipinski definition) is 4. The van der Waals surface area contributed by atoms with Gasteiger partial charge in [0, 0.05) is 17.2 Å². The van der Waals surface area contributed by atoms with Crippen LogP contribution in [-0.4, -0.2) is 34.4 Å². The fraction of sp³-hybridized carbons (Fsp3) is 1.00. The van der Waals surface area contributed by atoms with Gasteiger partial charge >= 0.3 is 0 Å². The van der Waals surface area contributed by atoms with Crippen molar-refractivity contribution in [1.82, 2.24) is 4.72 Å². The van der Waals surface area contributed by atoms with Crippen LogP contribution in [0.5, 0.6) is 0 Å². The van der Waals surface area contributed by atoms with Crippen molar-refractivity contribution in [3.05, 3.63) is 0 Å². The molecule has 0 spiro atoms. The van der Waals surface area contributed by atoms with E-state index in [1.807, 2.05) is 0 Å². The Kier molecular flexibility index (Phi) is 3.21. The van der Waals surface area contributed by atoms with Gasteiger partial charge in [-0.05, 0) is 12.8 Å². The molecular weight excluding hydrogens is 238 g/mol. The average Bonchev–Trinajstić information content (AvgIpc) is 2.62. The Morgan fingerprint density at radius 1 is 1.23 bits per heavy atom. The number of halogens is 1. The van der Waals surface area contributed by atoms with Crippen molar-refractivity contribution in [3.63, 3.8) is 0 Å². The fourth-order valence-corrected chi connectivity index (χ4v) is 2.89. The molecule has 0 aromatic carbocycles. The highest BCUT2D eigenvalue weighted by Crippen LogP contribution is 2.27. The zero-order chi connectivity index (χ0) is 10.1. The topological polar surface area (TPSA) is 80.3 Å². The Morgan fingerprint density at radius 3 is 2.15 bits per heavy atom. The van der Waals surface area contributed by atoms with Gasteiger partial charge in [0.1, 0.15) is 0 Å². The highest BCUT2D eigenvalue weighted by Gasteiger charge is 2.35. The lowest BCUT2D eigenvalue weighted by molar-refractivity contribution is 0.581. The summed E-state index contributed by atoms with van der Waals surface area (Å²) in [5, 5.41) is -0.328. The molecule has 1 aliphatic carbocycles. The molecule has 1 rings (SSSR count). The monoisotopic (exact) mass is 247 g/mol. The quantitative estimate of drug-likeness (QED) is 0.673. The highest BCUT2D eigenvalue weighted by atomic mass is 35.7. The molecule has 1 fully saturated rings. The molecule has 1 saturated carbocycles. The zero-order valence-corrected chi connectivity index (χ0v) is 9.12. The van der Waals surface area contributed by atoms with Crippen LogP contribution in [-0.2, 0) is 19.1 Å². The molecular formula is C5H10ClNO4S2. The third-order valence-electron chi connectivity index (χ3n) is 1.61. The molecule has 78 valence electrons. The number of hydrogen-bond donors (Lipinski definition) is 1. The van der Waals surface area contributed by atoms with Crippen LogP contribution >= 0.6 is 10.7 Å². The van der Waals surface area contributed by atoms with Gasteiger partial charge in [0.2, 0.25) is 19.1 Å². The molecule has 0 aliphatic heterocycles. The van der Waals surface area contributed by atoms with E-state index in [-0.39, 0.29) is 17.5 Å². The maximum absolute atomic E-state index is 11.1. The predicted molar refractivity (Wildman–Crippen MR) is 49.6 cm³/mol. The molecule has 13 heavy (non-hydrogen) atoms. The molecule has 0 bridgehead atoms. The third-order valence-corrected chi connectivity index (χ3v) is 4.72. The lowest BCUT2D eigenvalue weighted by atomic mass is 10.8. The summed E-state index contributed by atoms with van der Waals surface area (Å²) < 4.78 is 45.3. The first-order valence-electron chi connectivity index (χ1n) is 3.72. The Morgan fingerprint density at radius 2 is 1.77 bits per heavy atom. The minimum Gasteiger partial charge on any atom is -0.214 e. The van der Waals surface area contributed by atoms with E-state index in [1.165, 1.54) is 0 Å². The largest absolute Gasteiger partial charge is 0.233 e. The molecule has 0 aromatic rings. The van der Waals surface area contributed by atoms with E-state index in [2.05, 4.69) is 4.72 Å². The van der Waals surface area contributed by atoms with E-state index in [1.54, 1.807) is 0 Å². The number of rotatable bonds is 5. The van der Waals surface area contributed by atoms with Gasteiger partial charge in [-0.1, -0.05) is 0 Å². The lowest BCUT2D eigenvalue weighted by Gasteiger charge is -2.02. The Bertz CT molecular complexity index is 369. The maximum Gasteiger partial charge on any atom is 0.233 e. The first-order valence-corrected chi connectivity index (χ1v) is 7.74. The summed E-state index contributed by atoms with van der Waals surface area (Å²) in [5.74, 6) is -0.374. The van der Waals surface area contributed by atoms with E-state index in [9.17, 15) is 16.8 Å². The highest BCUT2D eigenvalue weighted by molar-refractivity contribution is 8.13. The molecule has 0 amide bonds. The van der Waals surface area contributed by atoms with E-state index >= 15 is 0 Å². The van der Waals surface area contributed by atoms with Crippen LogP contribution in [0.4, 0.5) is 0 Å². The molecule has 5 nitrogen and oxygen atoms in total. The van der Waals surface area contributed by atoms with Crippen molar-refractivity contribution in [1.29, 1.82) is 0 Å². The molecule has 1 N–H and O–H groups in total. The van der Waals surface area contributed by atoms with Gasteiger partial charge in [0.05, 0.1) is 11.0 Å². The van der Waals surface area contributed by atoms with Gasteiger partial charge in [0.25, 0.3) is 0 Å². The van der Waals surface area contributed by atoms with Gasteiger partial charge in [-0.2, -0.15) is 0 Å². The first-order chi connectivity index (χ1) is 5.81. The Hall–Kier alpha value is 0.150. The Labute approximate surface area is 81.9 Å². The lowest BCUT2D eigenvalue weighted by Crippen LogP contribution is -2.30. The second kappa shape index (κ2) is 3.72. The number of sulfonamides is 1. The van der Waals surface area contributed by atoms with Crippen LogP contribution in [0.25, 0.3) is 0 Å². The van der Waals surface area contributed by atoms with E-state index in [0.29, 0.717) is 12.8 Å². The van der Waals surface area contributed by atoms with E-state index in [0.717, 1.165) is 0 Å². The van der Waals surface area contributed by atoms with Crippen LogP contribution in [0.1, 0.15) is 12.8 Å². The summed E-state index contributed by atoms with van der Waals surface area (Å²) in [7, 11) is -1.99. The summed E-state index contributed by atoms with van der Waals surface area (Å²) in [4.78, 5) is 0. The second-order valence-corrected chi connectivity index (χ2v) is 7.82. The normalized spacial score (nSPS) is 18.8. The summed E-state index contributed by atoms with van der Waals surface area (Å²) >= 11 is 0. The van der Waals surface area contributed by atoms with Crippen LogP contribution < -0.4 is 4.72 Å². The van der Waals surface area contributed by atoms with Crippen molar-refractivity contribution in [3.8, 4) is 0 Å². The van der Waals surface area contributed by atoms with Crippen molar-refractivity contribution in [2.24, 2.45) is 0 Å². The maximum atomic E-state index is 11.1. The summed E-state index contributed by atoms with van der Waals surface area (Å²) in [5.41, 5.74) is 0. The van der Waals surface area contributed by atoms with Crippen molar-refractivity contribution in [2.75, 3.05) is 12.3 Å². The molecule has 0 saturated heterocycles. The number of nitrogens with one attached hydrogen (secondary N) is 1. The van der Waals surface area contributed by atoms with Gasteiger partial charge in [0.15, 0.2) is 0 Å². The molecule has 0 unspecified atom stereocenters. The van der Waals surface area contributed by atoms with Crippen molar-refractivity contribution in [2.45, 2.75) is 18.1 Å². The van der Waals surface area contributed by atoms with E-state index < -0.39 is 19.1 Å². The molecule has 0 heterocycles. The Balaban J connectivity index is 2.34. The molecule has 0 radical (unpaired) electrons. The second-order valence-electron chi connectivity index (χ2n) is 2.88. The molecule has 1 aliphatic rings. The van der Waals surface area contributed by atoms with Gasteiger partial charge in [-0.3, -0.25) is 0 Å². The van der Waals surface area contributed by atoms with Crippen LogP contribution in [0.15, 0.2) is 0 Å². The van der Waals surface area contributed by atoms with Crippen molar-refractivity contribution >= 4 is 29.8 Å². The summed E-state index contributed by atoms with van der Waals surface area (Å²) in [6.07, 6.45) is 1.31. The first kappa shape index (κ1) is 11.2. The van der Waals surface area contributed by atoms with Crippen LogP contribution in [0.2, 0.25) is 0 Å². The van der Waals surface area contributed by atoms with Gasteiger partial charge < -0.3 is 0 Å². The molecule has 8 heteroatoms. The van der Waals surface area contributed by atoms with Crippen molar-refractivity contribution < 1.29 is 16.8 Å². The summed E-state index contributed by atoms with van der Waals surface area (Å²) in [6, 6.07) is 0. The predicted octanol–water partition coefficient (Wildman–Crippen LogP) is -0.363. The summed E-state index contributed by atoms with van der Waals surface area (Å²) in [6.45, 7) is -0.148. The zero-order valence-electron chi connectivity index (χ0n) is 6.73. The van der Waals surface area contributed by atoms with E-state index in [4.69, 9.17) is 10.7 Å².